The van der Waals surface area contributed by atoms with Crippen LogP contribution in [0.15, 0.2) is 24.3 Å². The summed E-state index contributed by atoms with van der Waals surface area (Å²) in [6, 6.07) is 7.78. The lowest BCUT2D eigenvalue weighted by Crippen LogP contribution is -2.17. The SMILES string of the molecule is CCc1ccc(OC(=O)C2CCCC2)cc1. The van der Waals surface area contributed by atoms with Crippen molar-refractivity contribution in [2.24, 2.45) is 5.92 Å². The maximum absolute atomic E-state index is 11.7. The van der Waals surface area contributed by atoms with Gasteiger partial charge in [-0.25, -0.2) is 0 Å². The summed E-state index contributed by atoms with van der Waals surface area (Å²) in [7, 11) is 0. The Hall–Kier alpha value is -1.31. The Balaban J connectivity index is 1.94. The lowest BCUT2D eigenvalue weighted by atomic mass is 10.1. The molecular weight excluding hydrogens is 200 g/mol. The van der Waals surface area contributed by atoms with E-state index in [-0.39, 0.29) is 11.9 Å². The minimum atomic E-state index is -0.0539. The molecule has 0 N–H and O–H groups in total. The summed E-state index contributed by atoms with van der Waals surface area (Å²) in [5, 5.41) is 0. The molecule has 1 saturated carbocycles. The molecule has 2 heteroatoms. The van der Waals surface area contributed by atoms with Gasteiger partial charge in [-0.3, -0.25) is 4.79 Å². The number of benzene rings is 1. The zero-order valence-corrected chi connectivity index (χ0v) is 9.74. The zero-order valence-electron chi connectivity index (χ0n) is 9.74. The van der Waals surface area contributed by atoms with Crippen LogP contribution in [0.3, 0.4) is 0 Å². The second kappa shape index (κ2) is 5.15. The number of ether oxygens (including phenoxy) is 1. The predicted molar refractivity (Wildman–Crippen MR) is 63.4 cm³/mol. The van der Waals surface area contributed by atoms with Gasteiger partial charge >= 0.3 is 5.97 Å². The predicted octanol–water partition coefficient (Wildman–Crippen LogP) is 3.34. The highest BCUT2D eigenvalue weighted by atomic mass is 16.5. The number of rotatable bonds is 3. The summed E-state index contributed by atoms with van der Waals surface area (Å²) in [5.74, 6) is 0.752. The van der Waals surface area contributed by atoms with Crippen LogP contribution in [0.2, 0.25) is 0 Å². The first kappa shape index (κ1) is 11.2. The molecule has 2 nitrogen and oxygen atoms in total. The average Bonchev–Trinajstić information content (AvgIpc) is 2.83. The van der Waals surface area contributed by atoms with E-state index in [1.165, 1.54) is 5.56 Å². The van der Waals surface area contributed by atoms with Gasteiger partial charge in [0.2, 0.25) is 0 Å². The van der Waals surface area contributed by atoms with Gasteiger partial charge in [-0.15, -0.1) is 0 Å². The van der Waals surface area contributed by atoms with E-state index in [2.05, 4.69) is 6.92 Å². The van der Waals surface area contributed by atoms with Gasteiger partial charge in [-0.2, -0.15) is 0 Å². The van der Waals surface area contributed by atoms with E-state index in [4.69, 9.17) is 4.74 Å². The Kier molecular flexibility index (Phi) is 3.60. The molecule has 1 aliphatic carbocycles. The first-order valence-electron chi connectivity index (χ1n) is 6.10. The van der Waals surface area contributed by atoms with Gasteiger partial charge in [-0.1, -0.05) is 31.9 Å². The standard InChI is InChI=1S/C14H18O2/c1-2-11-7-9-13(10-8-11)16-14(15)12-5-3-4-6-12/h7-10,12H,2-6H2,1H3. The molecule has 0 aliphatic heterocycles. The number of carbonyl (C=O) groups excluding carboxylic acids is 1. The van der Waals surface area contributed by atoms with Crippen molar-refractivity contribution in [2.45, 2.75) is 39.0 Å². The van der Waals surface area contributed by atoms with Crippen molar-refractivity contribution in [3.63, 3.8) is 0 Å². The Labute approximate surface area is 96.6 Å². The van der Waals surface area contributed by atoms with Crippen LogP contribution >= 0.6 is 0 Å². The molecule has 0 amide bonds. The summed E-state index contributed by atoms with van der Waals surface area (Å²) in [5.41, 5.74) is 1.26. The fourth-order valence-electron chi connectivity index (χ4n) is 2.15. The Bertz CT molecular complexity index is 348. The van der Waals surface area contributed by atoms with E-state index >= 15 is 0 Å². The van der Waals surface area contributed by atoms with E-state index in [1.54, 1.807) is 0 Å². The summed E-state index contributed by atoms with van der Waals surface area (Å²) in [6.07, 6.45) is 5.32. The zero-order chi connectivity index (χ0) is 11.4. The topological polar surface area (TPSA) is 26.3 Å². The lowest BCUT2D eigenvalue weighted by Gasteiger charge is -2.09. The lowest BCUT2D eigenvalue weighted by molar-refractivity contribution is -0.138. The first-order chi connectivity index (χ1) is 7.79. The van der Waals surface area contributed by atoms with E-state index < -0.39 is 0 Å². The molecule has 0 saturated heterocycles. The molecule has 2 rings (SSSR count). The molecule has 0 heterocycles. The van der Waals surface area contributed by atoms with E-state index in [9.17, 15) is 4.79 Å². The highest BCUT2D eigenvalue weighted by molar-refractivity contribution is 5.75. The molecule has 0 spiro atoms. The van der Waals surface area contributed by atoms with Crippen molar-refractivity contribution >= 4 is 5.97 Å². The van der Waals surface area contributed by atoms with Crippen molar-refractivity contribution in [3.05, 3.63) is 29.8 Å². The quantitative estimate of drug-likeness (QED) is 0.574. The molecule has 0 bridgehead atoms. The average molecular weight is 218 g/mol. The van der Waals surface area contributed by atoms with Crippen LogP contribution in [0.5, 0.6) is 5.75 Å². The van der Waals surface area contributed by atoms with E-state index in [0.29, 0.717) is 5.75 Å². The molecule has 1 aliphatic rings. The smallest absolute Gasteiger partial charge is 0.314 e. The van der Waals surface area contributed by atoms with Crippen LogP contribution in [-0.2, 0) is 11.2 Å². The molecule has 86 valence electrons. The van der Waals surface area contributed by atoms with Crippen LogP contribution in [0, 0.1) is 5.92 Å². The number of carbonyl (C=O) groups is 1. The molecule has 0 radical (unpaired) electrons. The number of hydrogen-bond donors (Lipinski definition) is 0. The summed E-state index contributed by atoms with van der Waals surface area (Å²) < 4.78 is 5.36. The largest absolute Gasteiger partial charge is 0.426 e. The number of hydrogen-bond acceptors (Lipinski definition) is 2. The highest BCUT2D eigenvalue weighted by Crippen LogP contribution is 2.26. The summed E-state index contributed by atoms with van der Waals surface area (Å²) >= 11 is 0. The van der Waals surface area contributed by atoms with Crippen LogP contribution in [0.25, 0.3) is 0 Å². The highest BCUT2D eigenvalue weighted by Gasteiger charge is 2.24. The fraction of sp³-hybridized carbons (Fsp3) is 0.500. The van der Waals surface area contributed by atoms with Crippen molar-refractivity contribution in [2.75, 3.05) is 0 Å². The number of esters is 1. The van der Waals surface area contributed by atoms with Gasteiger partial charge in [0.1, 0.15) is 5.75 Å². The monoisotopic (exact) mass is 218 g/mol. The fourth-order valence-corrected chi connectivity index (χ4v) is 2.15. The Morgan fingerprint density at radius 3 is 2.44 bits per heavy atom. The summed E-state index contributed by atoms with van der Waals surface area (Å²) in [4.78, 5) is 11.7. The van der Waals surface area contributed by atoms with Gasteiger partial charge < -0.3 is 4.74 Å². The number of aryl methyl sites for hydroxylation is 1. The Morgan fingerprint density at radius 2 is 1.88 bits per heavy atom. The molecule has 16 heavy (non-hydrogen) atoms. The maximum Gasteiger partial charge on any atom is 0.314 e. The van der Waals surface area contributed by atoms with E-state index in [1.807, 2.05) is 24.3 Å². The third kappa shape index (κ3) is 2.63. The minimum Gasteiger partial charge on any atom is -0.426 e. The van der Waals surface area contributed by atoms with Gasteiger partial charge in [-0.05, 0) is 37.0 Å². The molecular formula is C14H18O2. The molecule has 1 aromatic rings. The Morgan fingerprint density at radius 1 is 1.25 bits per heavy atom. The van der Waals surface area contributed by atoms with Gasteiger partial charge in [0.05, 0.1) is 5.92 Å². The maximum atomic E-state index is 11.7. The van der Waals surface area contributed by atoms with Gasteiger partial charge in [0.15, 0.2) is 0 Å². The summed E-state index contributed by atoms with van der Waals surface area (Å²) in [6.45, 7) is 2.11. The normalized spacial score (nSPS) is 16.3. The van der Waals surface area contributed by atoms with Crippen LogP contribution in [-0.4, -0.2) is 5.97 Å². The second-order valence-electron chi connectivity index (χ2n) is 4.40. The second-order valence-corrected chi connectivity index (χ2v) is 4.40. The van der Waals surface area contributed by atoms with Gasteiger partial charge in [0, 0.05) is 0 Å². The molecule has 0 aromatic heterocycles. The van der Waals surface area contributed by atoms with Crippen molar-refractivity contribution in [3.8, 4) is 5.75 Å². The van der Waals surface area contributed by atoms with Crippen molar-refractivity contribution in [1.29, 1.82) is 0 Å². The minimum absolute atomic E-state index is 0.0539. The molecule has 1 aromatic carbocycles. The van der Waals surface area contributed by atoms with Crippen LogP contribution < -0.4 is 4.74 Å². The van der Waals surface area contributed by atoms with Crippen molar-refractivity contribution < 1.29 is 9.53 Å². The third-order valence-corrected chi connectivity index (χ3v) is 3.24. The molecule has 0 atom stereocenters. The molecule has 1 fully saturated rings. The van der Waals surface area contributed by atoms with Gasteiger partial charge in [0.25, 0.3) is 0 Å². The van der Waals surface area contributed by atoms with Crippen LogP contribution in [0.4, 0.5) is 0 Å². The van der Waals surface area contributed by atoms with E-state index in [0.717, 1.165) is 32.1 Å². The molecule has 0 unspecified atom stereocenters. The van der Waals surface area contributed by atoms with Crippen LogP contribution in [0.1, 0.15) is 38.2 Å². The van der Waals surface area contributed by atoms with Crippen molar-refractivity contribution in [1.82, 2.24) is 0 Å². The first-order valence-corrected chi connectivity index (χ1v) is 6.10. The third-order valence-electron chi connectivity index (χ3n) is 3.24.